The van der Waals surface area contributed by atoms with Gasteiger partial charge in [-0.05, 0) is 37.8 Å². The summed E-state index contributed by atoms with van der Waals surface area (Å²) in [5.41, 5.74) is 0.414. The van der Waals surface area contributed by atoms with Gasteiger partial charge < -0.3 is 4.74 Å². The molecule has 132 valence electrons. The minimum Gasteiger partial charge on any atom is -0.375 e. The zero-order valence-electron chi connectivity index (χ0n) is 13.7. The first kappa shape index (κ1) is 15.8. The molecule has 0 amide bonds. The summed E-state index contributed by atoms with van der Waals surface area (Å²) >= 11 is 1.87. The lowest BCUT2D eigenvalue weighted by Gasteiger charge is -2.27. The summed E-state index contributed by atoms with van der Waals surface area (Å²) in [5, 5.41) is 4.65. The molecule has 4 nitrogen and oxygen atoms in total. The lowest BCUT2D eigenvalue weighted by atomic mass is 9.94. The molecule has 1 aromatic heterocycles. The smallest absolute Gasteiger partial charge is 0.156 e. The number of hydrogen-bond donors (Lipinski definition) is 0. The molecule has 2 aromatic rings. The monoisotopic (exact) mass is 363 g/mol. The molecule has 4 heterocycles. The fraction of sp³-hybridized carbons (Fsp3) is 0.556. The summed E-state index contributed by atoms with van der Waals surface area (Å²) in [6.07, 6.45) is 4.56. The Morgan fingerprint density at radius 1 is 1.00 bits per heavy atom. The van der Waals surface area contributed by atoms with Crippen molar-refractivity contribution in [1.29, 1.82) is 0 Å². The highest BCUT2D eigenvalue weighted by molar-refractivity contribution is 8.00. The molecule has 0 spiro atoms. The number of benzene rings is 1. The van der Waals surface area contributed by atoms with Crippen molar-refractivity contribution >= 4 is 11.8 Å². The standard InChI is InChI=1S/C18H19F2N3OS/c19-12-5-13(20)7-14(6-12)23-18(21-17(22-23)11-8-25-9-11)10-3-15-1-2-16(4-10)24-15/h5-7,10-11,15-16H,1-4,8-9H2/t10?,15-,16+. The molecule has 7 heteroatoms. The third-order valence-electron chi connectivity index (χ3n) is 5.40. The highest BCUT2D eigenvalue weighted by atomic mass is 32.2. The van der Waals surface area contributed by atoms with Crippen LogP contribution in [0.25, 0.3) is 5.69 Å². The number of thioether (sulfide) groups is 1. The average molecular weight is 363 g/mol. The third-order valence-corrected chi connectivity index (χ3v) is 6.68. The van der Waals surface area contributed by atoms with Crippen LogP contribution in [0.15, 0.2) is 18.2 Å². The van der Waals surface area contributed by atoms with Gasteiger partial charge in [0.05, 0.1) is 17.9 Å². The number of nitrogens with zero attached hydrogens (tertiary/aromatic N) is 3. The van der Waals surface area contributed by atoms with Gasteiger partial charge in [0.2, 0.25) is 0 Å². The first-order valence-electron chi connectivity index (χ1n) is 8.82. The number of halogens is 2. The predicted molar refractivity (Wildman–Crippen MR) is 91.2 cm³/mol. The van der Waals surface area contributed by atoms with Crippen molar-refractivity contribution in [2.45, 2.75) is 49.7 Å². The molecule has 5 rings (SSSR count). The van der Waals surface area contributed by atoms with E-state index in [1.807, 2.05) is 11.8 Å². The van der Waals surface area contributed by atoms with Crippen LogP contribution in [0.3, 0.4) is 0 Å². The van der Waals surface area contributed by atoms with Gasteiger partial charge >= 0.3 is 0 Å². The van der Waals surface area contributed by atoms with Crippen LogP contribution in [0.1, 0.15) is 49.2 Å². The van der Waals surface area contributed by atoms with Crippen LogP contribution in [0, 0.1) is 11.6 Å². The summed E-state index contributed by atoms with van der Waals surface area (Å²) in [6, 6.07) is 3.54. The van der Waals surface area contributed by atoms with Crippen molar-refractivity contribution in [2.24, 2.45) is 0 Å². The Morgan fingerprint density at radius 2 is 1.68 bits per heavy atom. The van der Waals surface area contributed by atoms with Gasteiger partial charge in [-0.1, -0.05) is 0 Å². The topological polar surface area (TPSA) is 39.9 Å². The van der Waals surface area contributed by atoms with E-state index >= 15 is 0 Å². The second-order valence-corrected chi connectivity index (χ2v) is 8.30. The zero-order valence-corrected chi connectivity index (χ0v) is 14.5. The van der Waals surface area contributed by atoms with Crippen molar-refractivity contribution in [2.75, 3.05) is 11.5 Å². The summed E-state index contributed by atoms with van der Waals surface area (Å²) in [4.78, 5) is 4.83. The van der Waals surface area contributed by atoms with Crippen LogP contribution >= 0.6 is 11.8 Å². The van der Waals surface area contributed by atoms with Crippen LogP contribution in [0.5, 0.6) is 0 Å². The fourth-order valence-corrected chi connectivity index (χ4v) is 4.85. The van der Waals surface area contributed by atoms with Crippen LogP contribution in [0.2, 0.25) is 0 Å². The van der Waals surface area contributed by atoms with E-state index in [1.165, 1.54) is 12.1 Å². The van der Waals surface area contributed by atoms with Crippen LogP contribution < -0.4 is 0 Å². The molecule has 0 saturated carbocycles. The van der Waals surface area contributed by atoms with Gasteiger partial charge in [0.15, 0.2) is 5.82 Å². The van der Waals surface area contributed by atoms with Gasteiger partial charge in [-0.3, -0.25) is 0 Å². The summed E-state index contributed by atoms with van der Waals surface area (Å²) < 4.78 is 35.1. The second kappa shape index (κ2) is 6.06. The van der Waals surface area contributed by atoms with E-state index < -0.39 is 11.6 Å². The molecule has 25 heavy (non-hydrogen) atoms. The molecule has 1 aromatic carbocycles. The van der Waals surface area contributed by atoms with E-state index in [-0.39, 0.29) is 18.1 Å². The minimum atomic E-state index is -0.593. The zero-order chi connectivity index (χ0) is 17.0. The Balaban J connectivity index is 1.57. The number of hydrogen-bond acceptors (Lipinski definition) is 4. The van der Waals surface area contributed by atoms with Crippen LogP contribution in [-0.2, 0) is 4.74 Å². The molecule has 3 atom stereocenters. The normalized spacial score (nSPS) is 29.0. The van der Waals surface area contributed by atoms with Gasteiger partial charge in [-0.25, -0.2) is 18.4 Å². The van der Waals surface area contributed by atoms with Gasteiger partial charge in [0, 0.05) is 29.4 Å². The van der Waals surface area contributed by atoms with Crippen molar-refractivity contribution in [3.05, 3.63) is 41.5 Å². The van der Waals surface area contributed by atoms with Crippen molar-refractivity contribution in [3.63, 3.8) is 0 Å². The van der Waals surface area contributed by atoms with Gasteiger partial charge in [0.1, 0.15) is 17.5 Å². The van der Waals surface area contributed by atoms with Crippen molar-refractivity contribution in [3.8, 4) is 5.69 Å². The van der Waals surface area contributed by atoms with E-state index in [0.717, 1.165) is 54.9 Å². The van der Waals surface area contributed by atoms with E-state index in [4.69, 9.17) is 9.72 Å². The summed E-state index contributed by atoms with van der Waals surface area (Å²) in [6.45, 7) is 0. The van der Waals surface area contributed by atoms with Crippen molar-refractivity contribution in [1.82, 2.24) is 14.8 Å². The number of rotatable bonds is 3. The highest BCUT2D eigenvalue weighted by Gasteiger charge is 2.38. The minimum absolute atomic E-state index is 0.228. The predicted octanol–water partition coefficient (Wildman–Crippen LogP) is 3.80. The molecule has 3 aliphatic heterocycles. The molecule has 1 unspecified atom stereocenters. The summed E-state index contributed by atoms with van der Waals surface area (Å²) in [5.74, 6) is 3.05. The first-order valence-corrected chi connectivity index (χ1v) is 9.97. The largest absolute Gasteiger partial charge is 0.375 e. The molecule has 0 aliphatic carbocycles. The Hall–Kier alpha value is -1.47. The molecule has 2 bridgehead atoms. The maximum Gasteiger partial charge on any atom is 0.156 e. The molecule has 0 radical (unpaired) electrons. The number of fused-ring (bicyclic) bond motifs is 2. The highest BCUT2D eigenvalue weighted by Crippen LogP contribution is 2.42. The molecular formula is C18H19F2N3OS. The maximum absolute atomic E-state index is 13.7. The number of ether oxygens (including phenoxy) is 1. The third kappa shape index (κ3) is 2.87. The Morgan fingerprint density at radius 3 is 2.28 bits per heavy atom. The van der Waals surface area contributed by atoms with E-state index in [1.54, 1.807) is 4.68 Å². The van der Waals surface area contributed by atoms with E-state index in [2.05, 4.69) is 5.10 Å². The van der Waals surface area contributed by atoms with Gasteiger partial charge in [0.25, 0.3) is 0 Å². The Labute approximate surface area is 149 Å². The summed E-state index contributed by atoms with van der Waals surface area (Å²) in [7, 11) is 0. The molecule has 3 fully saturated rings. The molecule has 3 saturated heterocycles. The van der Waals surface area contributed by atoms with Crippen LogP contribution in [0.4, 0.5) is 8.78 Å². The van der Waals surface area contributed by atoms with Gasteiger partial charge in [-0.15, -0.1) is 0 Å². The second-order valence-electron chi connectivity index (χ2n) is 7.23. The molecule has 0 N–H and O–H groups in total. The average Bonchev–Trinajstić information content (AvgIpc) is 3.08. The molecular weight excluding hydrogens is 344 g/mol. The van der Waals surface area contributed by atoms with Gasteiger partial charge in [-0.2, -0.15) is 16.9 Å². The SMILES string of the molecule is Fc1cc(F)cc(-n2nc(C3CSC3)nc2C2C[C@H]3CC[C@@H](C2)O3)c1. The Kier molecular flexibility index (Phi) is 3.82. The lowest BCUT2D eigenvalue weighted by molar-refractivity contribution is -0.00537. The Bertz CT molecular complexity index is 775. The molecule has 3 aliphatic rings. The number of aromatic nitrogens is 3. The maximum atomic E-state index is 13.7. The lowest BCUT2D eigenvalue weighted by Crippen LogP contribution is -2.25. The van der Waals surface area contributed by atoms with Crippen LogP contribution in [-0.4, -0.2) is 38.5 Å². The van der Waals surface area contributed by atoms with E-state index in [9.17, 15) is 8.78 Å². The first-order chi connectivity index (χ1) is 12.2. The van der Waals surface area contributed by atoms with E-state index in [0.29, 0.717) is 11.6 Å². The quantitative estimate of drug-likeness (QED) is 0.832. The fourth-order valence-electron chi connectivity index (χ4n) is 4.08. The van der Waals surface area contributed by atoms with Crippen molar-refractivity contribution < 1.29 is 13.5 Å².